The van der Waals surface area contributed by atoms with Gasteiger partial charge in [-0.3, -0.25) is 4.31 Å². The normalized spacial score (nSPS) is 20.8. The minimum atomic E-state index is -0.454. The van der Waals surface area contributed by atoms with Crippen molar-refractivity contribution in [3.8, 4) is 0 Å². The maximum atomic E-state index is 11.1. The Bertz CT molecular complexity index is 1150. The fraction of sp³-hybridized carbons (Fsp3) is 0.500. The van der Waals surface area contributed by atoms with Crippen molar-refractivity contribution >= 4 is 22.7 Å². The third-order valence-electron chi connectivity index (χ3n) is 8.83. The van der Waals surface area contributed by atoms with Crippen LogP contribution in [-0.4, -0.2) is 58.4 Å². The molecule has 3 nitrogen and oxygen atoms in total. The molecule has 0 bridgehead atoms. The van der Waals surface area contributed by atoms with Gasteiger partial charge < -0.3 is 10.0 Å². The van der Waals surface area contributed by atoms with Crippen molar-refractivity contribution in [3.63, 3.8) is 0 Å². The Labute approximate surface area is 247 Å². The van der Waals surface area contributed by atoms with E-state index in [0.29, 0.717) is 6.04 Å². The number of hydrogen-bond donors (Lipinski definition) is 1. The molecule has 4 heteroatoms. The monoisotopic (exact) mass is 558 g/mol. The van der Waals surface area contributed by atoms with Crippen LogP contribution >= 0.6 is 11.9 Å². The van der Waals surface area contributed by atoms with Gasteiger partial charge in [0.25, 0.3) is 0 Å². The average Bonchev–Trinajstić information content (AvgIpc) is 3.44. The number of piperidine rings is 1. The summed E-state index contributed by atoms with van der Waals surface area (Å²) in [6.07, 6.45) is 11.8. The van der Waals surface area contributed by atoms with E-state index in [9.17, 15) is 5.11 Å². The van der Waals surface area contributed by atoms with Gasteiger partial charge in [-0.1, -0.05) is 90.8 Å². The van der Waals surface area contributed by atoms with Gasteiger partial charge in [0.15, 0.2) is 0 Å². The topological polar surface area (TPSA) is 26.7 Å². The molecular formula is C36H50N2OS. The van der Waals surface area contributed by atoms with Gasteiger partial charge in [-0.25, -0.2) is 0 Å². The number of aryl methyl sites for hydroxylation is 2. The van der Waals surface area contributed by atoms with Crippen LogP contribution < -0.4 is 0 Å². The molecule has 1 saturated carbocycles. The van der Waals surface area contributed by atoms with E-state index in [-0.39, 0.29) is 0 Å². The largest absolute Gasteiger partial charge is 0.390 e. The summed E-state index contributed by atoms with van der Waals surface area (Å²) in [5.74, 6) is 1.94. The molecule has 3 aromatic carbocycles. The molecule has 2 aliphatic rings. The molecule has 1 aliphatic carbocycles. The zero-order valence-electron chi connectivity index (χ0n) is 24.8. The summed E-state index contributed by atoms with van der Waals surface area (Å²) in [5.41, 5.74) is 2.40. The average molecular weight is 559 g/mol. The summed E-state index contributed by atoms with van der Waals surface area (Å²) < 4.78 is 2.55. The summed E-state index contributed by atoms with van der Waals surface area (Å²) in [6.45, 7) is 8.57. The summed E-state index contributed by atoms with van der Waals surface area (Å²) >= 11 is 2.02. The first-order valence-corrected chi connectivity index (χ1v) is 16.3. The molecule has 0 radical (unpaired) electrons. The van der Waals surface area contributed by atoms with Crippen LogP contribution in [0.25, 0.3) is 10.8 Å². The number of aliphatic hydroxyl groups is 1. The highest BCUT2D eigenvalue weighted by Crippen LogP contribution is 2.34. The van der Waals surface area contributed by atoms with E-state index in [2.05, 4.69) is 95.6 Å². The van der Waals surface area contributed by atoms with E-state index in [1.807, 2.05) is 18.9 Å². The smallest absolute Gasteiger partial charge is 0.0672 e. The van der Waals surface area contributed by atoms with E-state index in [1.165, 1.54) is 47.7 Å². The predicted octanol–water partition coefficient (Wildman–Crippen LogP) is 8.17. The molecule has 1 heterocycles. The number of allylic oxidation sites excluding steroid dienone is 1. The SMILES string of the molecule is C=CC.CN(SCCc1cccc2ccccc12)C1CCC(CN2CCC(O)(CCCc3ccccc3)CC2)C1. The van der Waals surface area contributed by atoms with E-state index in [1.54, 1.807) is 6.08 Å². The van der Waals surface area contributed by atoms with E-state index < -0.39 is 5.60 Å². The van der Waals surface area contributed by atoms with Crippen LogP contribution in [-0.2, 0) is 12.8 Å². The third-order valence-corrected chi connectivity index (χ3v) is 9.92. The maximum absolute atomic E-state index is 11.1. The summed E-state index contributed by atoms with van der Waals surface area (Å²) in [6, 6.07) is 26.8. The molecule has 0 spiro atoms. The first-order valence-electron chi connectivity index (χ1n) is 15.4. The lowest BCUT2D eigenvalue weighted by Gasteiger charge is -2.39. The number of benzene rings is 3. The fourth-order valence-corrected chi connectivity index (χ4v) is 7.49. The second-order valence-corrected chi connectivity index (χ2v) is 13.1. The van der Waals surface area contributed by atoms with Crippen LogP contribution in [0.4, 0.5) is 0 Å². The van der Waals surface area contributed by atoms with Crippen molar-refractivity contribution in [1.82, 2.24) is 9.21 Å². The molecule has 2 fully saturated rings. The highest BCUT2D eigenvalue weighted by atomic mass is 32.2. The highest BCUT2D eigenvalue weighted by Gasteiger charge is 2.34. The van der Waals surface area contributed by atoms with Crippen molar-refractivity contribution in [2.75, 3.05) is 32.4 Å². The van der Waals surface area contributed by atoms with Crippen molar-refractivity contribution in [1.29, 1.82) is 0 Å². The van der Waals surface area contributed by atoms with Crippen LogP contribution in [0.1, 0.15) is 63.0 Å². The molecule has 216 valence electrons. The van der Waals surface area contributed by atoms with E-state index >= 15 is 0 Å². The highest BCUT2D eigenvalue weighted by molar-refractivity contribution is 7.97. The van der Waals surface area contributed by atoms with Gasteiger partial charge in [0.1, 0.15) is 0 Å². The summed E-state index contributed by atoms with van der Waals surface area (Å²) in [5, 5.41) is 13.9. The summed E-state index contributed by atoms with van der Waals surface area (Å²) in [7, 11) is 2.30. The molecule has 1 saturated heterocycles. The molecule has 2 unspecified atom stereocenters. The Morgan fingerprint density at radius 1 is 0.975 bits per heavy atom. The first-order chi connectivity index (χ1) is 19.5. The predicted molar refractivity (Wildman–Crippen MR) is 175 cm³/mol. The van der Waals surface area contributed by atoms with Crippen molar-refractivity contribution in [2.45, 2.75) is 76.4 Å². The third kappa shape index (κ3) is 9.21. The Balaban J connectivity index is 0.00000118. The quantitative estimate of drug-likeness (QED) is 0.190. The zero-order chi connectivity index (χ0) is 28.2. The molecule has 0 amide bonds. The van der Waals surface area contributed by atoms with Gasteiger partial charge >= 0.3 is 0 Å². The van der Waals surface area contributed by atoms with E-state index in [0.717, 1.165) is 63.3 Å². The summed E-state index contributed by atoms with van der Waals surface area (Å²) in [4.78, 5) is 2.63. The Morgan fingerprint density at radius 3 is 2.45 bits per heavy atom. The number of fused-ring (bicyclic) bond motifs is 1. The van der Waals surface area contributed by atoms with Gasteiger partial charge in [0, 0.05) is 31.4 Å². The Morgan fingerprint density at radius 2 is 1.68 bits per heavy atom. The first kappa shape index (κ1) is 30.8. The van der Waals surface area contributed by atoms with Gasteiger partial charge in [-0.15, -0.1) is 6.58 Å². The lowest BCUT2D eigenvalue weighted by Crippen LogP contribution is -2.45. The molecule has 5 rings (SSSR count). The van der Waals surface area contributed by atoms with Crippen molar-refractivity contribution in [2.24, 2.45) is 5.92 Å². The standard InChI is InChI=1S/C33H44N2OS.C3H6/c1-34(37-24-18-30-14-7-13-29-12-5-6-15-32(29)30)31-17-16-28(25-31)26-35-22-20-33(36,21-23-35)19-8-11-27-9-3-2-4-10-27;1-3-2/h2-7,9-10,12-15,28,31,36H,8,11,16-26H2,1H3;3H,1H2,2H3. The zero-order valence-corrected chi connectivity index (χ0v) is 25.6. The van der Waals surface area contributed by atoms with Gasteiger partial charge in [-0.05, 0) is 99.6 Å². The van der Waals surface area contributed by atoms with Gasteiger partial charge in [-0.2, -0.15) is 0 Å². The molecule has 40 heavy (non-hydrogen) atoms. The molecule has 3 aromatic rings. The molecule has 1 aliphatic heterocycles. The number of likely N-dealkylation sites (tertiary alicyclic amines) is 1. The number of rotatable bonds is 11. The van der Waals surface area contributed by atoms with Crippen LogP contribution in [0.3, 0.4) is 0 Å². The maximum Gasteiger partial charge on any atom is 0.0672 e. The Hall–Kier alpha value is -2.11. The van der Waals surface area contributed by atoms with Crippen LogP contribution in [0.2, 0.25) is 0 Å². The second-order valence-electron chi connectivity index (χ2n) is 11.9. The molecule has 1 N–H and O–H groups in total. The van der Waals surface area contributed by atoms with Gasteiger partial charge in [0.2, 0.25) is 0 Å². The molecule has 0 aromatic heterocycles. The molecular weight excluding hydrogens is 508 g/mol. The number of hydrogen-bond acceptors (Lipinski definition) is 4. The molecule has 2 atom stereocenters. The van der Waals surface area contributed by atoms with Crippen LogP contribution in [0.5, 0.6) is 0 Å². The van der Waals surface area contributed by atoms with E-state index in [4.69, 9.17) is 0 Å². The van der Waals surface area contributed by atoms with Crippen LogP contribution in [0, 0.1) is 5.92 Å². The van der Waals surface area contributed by atoms with Crippen molar-refractivity contribution < 1.29 is 5.11 Å². The second kappa shape index (κ2) is 15.8. The minimum Gasteiger partial charge on any atom is -0.390 e. The van der Waals surface area contributed by atoms with Crippen molar-refractivity contribution in [3.05, 3.63) is 96.6 Å². The number of nitrogens with zero attached hydrogens (tertiary/aromatic N) is 2. The minimum absolute atomic E-state index is 0.454. The fourth-order valence-electron chi connectivity index (χ4n) is 6.49. The lowest BCUT2D eigenvalue weighted by molar-refractivity contribution is -0.0314. The van der Waals surface area contributed by atoms with Crippen LogP contribution in [0.15, 0.2) is 85.5 Å². The van der Waals surface area contributed by atoms with Gasteiger partial charge in [0.05, 0.1) is 5.60 Å². The Kier molecular flexibility index (Phi) is 12.2. The lowest BCUT2D eigenvalue weighted by atomic mass is 9.85.